The zero-order chi connectivity index (χ0) is 36.3. The van der Waals surface area contributed by atoms with Crippen molar-refractivity contribution in [1.29, 1.82) is 0 Å². The largest absolute Gasteiger partial charge is 0.456 e. The van der Waals surface area contributed by atoms with Crippen LogP contribution in [0, 0.1) is 0 Å². The summed E-state index contributed by atoms with van der Waals surface area (Å²) >= 11 is 0. The minimum absolute atomic E-state index is 0.843. The molecule has 2 heterocycles. The molecule has 258 valence electrons. The third-order valence-electron chi connectivity index (χ3n) is 10.9. The van der Waals surface area contributed by atoms with Gasteiger partial charge in [0.1, 0.15) is 16.7 Å². The van der Waals surface area contributed by atoms with Gasteiger partial charge in [0, 0.05) is 38.2 Å². The standard InChI is InChI=1S/C52H33NO2/c1-3-14-34(15-4-1)38-32-33-46(42-19-8-7-18-41(38)42)53(37-30-28-36(29-31-37)39-21-13-27-49-50(39)45-20-9-10-26-48(45)54-49)47-25-12-24-44-43-23-11-22-40(51(43)55-52(44)47)35-16-5-2-6-17-35/h1-33H. The van der Waals surface area contributed by atoms with Crippen molar-refractivity contribution < 1.29 is 8.83 Å². The highest BCUT2D eigenvalue weighted by Crippen LogP contribution is 2.47. The second-order valence-corrected chi connectivity index (χ2v) is 14.0. The van der Waals surface area contributed by atoms with Crippen LogP contribution >= 0.6 is 0 Å². The van der Waals surface area contributed by atoms with E-state index in [2.05, 4.69) is 193 Å². The van der Waals surface area contributed by atoms with Crippen LogP contribution in [0.2, 0.25) is 0 Å². The van der Waals surface area contributed by atoms with Crippen LogP contribution in [0.4, 0.5) is 17.1 Å². The van der Waals surface area contributed by atoms with Crippen LogP contribution in [0.15, 0.2) is 209 Å². The topological polar surface area (TPSA) is 29.5 Å². The van der Waals surface area contributed by atoms with Crippen molar-refractivity contribution in [3.8, 4) is 33.4 Å². The second kappa shape index (κ2) is 12.6. The van der Waals surface area contributed by atoms with Crippen LogP contribution in [-0.4, -0.2) is 0 Å². The Morgan fingerprint density at radius 2 is 0.855 bits per heavy atom. The molecule has 0 saturated carbocycles. The van der Waals surface area contributed by atoms with Gasteiger partial charge in [-0.15, -0.1) is 0 Å². The van der Waals surface area contributed by atoms with Gasteiger partial charge in [-0.2, -0.15) is 0 Å². The van der Waals surface area contributed by atoms with Crippen LogP contribution in [0.5, 0.6) is 0 Å². The molecule has 55 heavy (non-hydrogen) atoms. The summed E-state index contributed by atoms with van der Waals surface area (Å²) in [6.45, 7) is 0. The number of benzene rings is 9. The van der Waals surface area contributed by atoms with E-state index in [9.17, 15) is 0 Å². The fraction of sp³-hybridized carbons (Fsp3) is 0. The first-order valence-electron chi connectivity index (χ1n) is 18.7. The number of anilines is 3. The Labute approximate surface area is 317 Å². The first-order chi connectivity index (χ1) is 27.3. The molecular formula is C52H33NO2. The summed E-state index contributed by atoms with van der Waals surface area (Å²) in [5.74, 6) is 0. The van der Waals surface area contributed by atoms with Gasteiger partial charge in [-0.05, 0) is 69.6 Å². The van der Waals surface area contributed by atoms with Crippen molar-refractivity contribution in [3.05, 3.63) is 200 Å². The van der Waals surface area contributed by atoms with Crippen LogP contribution in [0.1, 0.15) is 0 Å². The molecule has 0 aliphatic carbocycles. The predicted molar refractivity (Wildman–Crippen MR) is 229 cm³/mol. The SMILES string of the molecule is c1ccc(-c2ccc(N(c3ccc(-c4cccc5oc6ccccc6c45)cc3)c3cccc4c3oc3c(-c5ccccc5)cccc34)c3ccccc23)cc1. The number of nitrogens with zero attached hydrogens (tertiary/aromatic N) is 1. The van der Waals surface area contributed by atoms with Crippen LogP contribution in [0.3, 0.4) is 0 Å². The number of furan rings is 2. The number of fused-ring (bicyclic) bond motifs is 7. The lowest BCUT2D eigenvalue weighted by Crippen LogP contribution is -2.11. The van der Waals surface area contributed by atoms with Gasteiger partial charge >= 0.3 is 0 Å². The van der Waals surface area contributed by atoms with E-state index < -0.39 is 0 Å². The molecular weight excluding hydrogens is 671 g/mol. The van der Waals surface area contributed by atoms with E-state index in [1.807, 2.05) is 12.1 Å². The Morgan fingerprint density at radius 1 is 0.291 bits per heavy atom. The van der Waals surface area contributed by atoms with Crippen molar-refractivity contribution in [1.82, 2.24) is 0 Å². The van der Waals surface area contributed by atoms with E-state index in [1.165, 1.54) is 16.5 Å². The van der Waals surface area contributed by atoms with Crippen molar-refractivity contribution >= 4 is 71.7 Å². The second-order valence-electron chi connectivity index (χ2n) is 14.0. The average molecular weight is 704 g/mol. The molecule has 0 unspecified atom stereocenters. The van der Waals surface area contributed by atoms with Gasteiger partial charge in [0.15, 0.2) is 5.58 Å². The lowest BCUT2D eigenvalue weighted by atomic mass is 9.96. The Kier molecular flexibility index (Phi) is 7.17. The maximum atomic E-state index is 7.02. The number of hydrogen-bond acceptors (Lipinski definition) is 3. The highest BCUT2D eigenvalue weighted by Gasteiger charge is 2.23. The molecule has 3 nitrogen and oxygen atoms in total. The van der Waals surface area contributed by atoms with E-state index in [1.54, 1.807) is 0 Å². The fourth-order valence-electron chi connectivity index (χ4n) is 8.39. The summed E-state index contributed by atoms with van der Waals surface area (Å²) in [6.07, 6.45) is 0. The zero-order valence-electron chi connectivity index (χ0n) is 29.8. The highest BCUT2D eigenvalue weighted by molar-refractivity contribution is 6.16. The average Bonchev–Trinajstić information content (AvgIpc) is 3.84. The molecule has 0 saturated heterocycles. The monoisotopic (exact) mass is 703 g/mol. The predicted octanol–water partition coefficient (Wildman–Crippen LogP) is 15.1. The summed E-state index contributed by atoms with van der Waals surface area (Å²) in [7, 11) is 0. The van der Waals surface area contributed by atoms with E-state index in [0.29, 0.717) is 0 Å². The van der Waals surface area contributed by atoms with Gasteiger partial charge < -0.3 is 13.7 Å². The molecule has 11 rings (SSSR count). The van der Waals surface area contributed by atoms with Crippen molar-refractivity contribution in [2.45, 2.75) is 0 Å². The molecule has 0 fully saturated rings. The van der Waals surface area contributed by atoms with E-state index >= 15 is 0 Å². The molecule has 0 atom stereocenters. The van der Waals surface area contributed by atoms with Gasteiger partial charge in [0.25, 0.3) is 0 Å². The lowest BCUT2D eigenvalue weighted by Gasteiger charge is -2.27. The molecule has 9 aromatic carbocycles. The van der Waals surface area contributed by atoms with Gasteiger partial charge in [-0.25, -0.2) is 0 Å². The number of hydrogen-bond donors (Lipinski definition) is 0. The molecule has 0 N–H and O–H groups in total. The first-order valence-corrected chi connectivity index (χ1v) is 18.7. The number of para-hydroxylation sites is 3. The van der Waals surface area contributed by atoms with Gasteiger partial charge in [-0.3, -0.25) is 0 Å². The quantitative estimate of drug-likeness (QED) is 0.173. The Bertz CT molecular complexity index is 3190. The fourth-order valence-corrected chi connectivity index (χ4v) is 8.39. The summed E-state index contributed by atoms with van der Waals surface area (Å²) in [5.41, 5.74) is 13.5. The first kappa shape index (κ1) is 31.2. The van der Waals surface area contributed by atoms with Crippen LogP contribution < -0.4 is 4.90 Å². The van der Waals surface area contributed by atoms with Gasteiger partial charge in [0.05, 0.1) is 11.4 Å². The molecule has 0 radical (unpaired) electrons. The third-order valence-corrected chi connectivity index (χ3v) is 10.9. The maximum absolute atomic E-state index is 7.02. The maximum Gasteiger partial charge on any atom is 0.159 e. The van der Waals surface area contributed by atoms with Gasteiger partial charge in [0.2, 0.25) is 0 Å². The van der Waals surface area contributed by atoms with Crippen molar-refractivity contribution in [2.24, 2.45) is 0 Å². The molecule has 2 aromatic heterocycles. The molecule has 0 aliphatic rings. The number of rotatable bonds is 6. The summed E-state index contributed by atoms with van der Waals surface area (Å²) in [6, 6.07) is 70.8. The van der Waals surface area contributed by atoms with E-state index in [4.69, 9.17) is 8.83 Å². The normalized spacial score (nSPS) is 11.6. The van der Waals surface area contributed by atoms with Crippen molar-refractivity contribution in [3.63, 3.8) is 0 Å². The van der Waals surface area contributed by atoms with Crippen LogP contribution in [0.25, 0.3) is 88.0 Å². The summed E-state index contributed by atoms with van der Waals surface area (Å²) in [4.78, 5) is 2.36. The Morgan fingerprint density at radius 3 is 1.64 bits per heavy atom. The Balaban J connectivity index is 1.15. The van der Waals surface area contributed by atoms with E-state index in [0.717, 1.165) is 88.6 Å². The zero-order valence-corrected chi connectivity index (χ0v) is 29.8. The van der Waals surface area contributed by atoms with E-state index in [-0.39, 0.29) is 0 Å². The minimum Gasteiger partial charge on any atom is -0.456 e. The molecule has 3 heteroatoms. The van der Waals surface area contributed by atoms with Gasteiger partial charge in [-0.1, -0.05) is 164 Å². The molecule has 11 aromatic rings. The molecule has 0 aliphatic heterocycles. The molecule has 0 spiro atoms. The summed E-state index contributed by atoms with van der Waals surface area (Å²) < 4.78 is 13.3. The Hall–Kier alpha value is -7.36. The third kappa shape index (κ3) is 5.05. The molecule has 0 bridgehead atoms. The molecule has 0 amide bonds. The van der Waals surface area contributed by atoms with Crippen LogP contribution in [-0.2, 0) is 0 Å². The minimum atomic E-state index is 0.843. The lowest BCUT2D eigenvalue weighted by molar-refractivity contribution is 0.669. The van der Waals surface area contributed by atoms with Crippen molar-refractivity contribution in [2.75, 3.05) is 4.90 Å². The summed E-state index contributed by atoms with van der Waals surface area (Å²) in [5, 5.41) is 6.77. The smallest absolute Gasteiger partial charge is 0.159 e. The highest BCUT2D eigenvalue weighted by atomic mass is 16.3.